The second kappa shape index (κ2) is 6.49. The quantitative estimate of drug-likeness (QED) is 0.664. The van der Waals surface area contributed by atoms with Gasteiger partial charge in [-0.2, -0.15) is 5.10 Å². The van der Waals surface area contributed by atoms with E-state index in [-0.39, 0.29) is 4.90 Å². The van der Waals surface area contributed by atoms with Crippen molar-refractivity contribution in [1.29, 1.82) is 0 Å². The highest BCUT2D eigenvalue weighted by Crippen LogP contribution is 2.14. The Morgan fingerprint density at radius 3 is 2.25 bits per heavy atom. The van der Waals surface area contributed by atoms with Crippen molar-refractivity contribution in [3.63, 3.8) is 0 Å². The van der Waals surface area contributed by atoms with Crippen molar-refractivity contribution in [3.05, 3.63) is 29.8 Å². The minimum Gasteiger partial charge on any atom is -0.452 e. The SMILES string of the molecule is COC(=O)N/N=C(/C)c1ccc(S(=O)(=O)N(C)C)cc1. The average Bonchev–Trinajstić information content (AvgIpc) is 2.44. The first kappa shape index (κ1) is 16.1. The summed E-state index contributed by atoms with van der Waals surface area (Å²) >= 11 is 0. The van der Waals surface area contributed by atoms with Gasteiger partial charge in [-0.05, 0) is 24.6 Å². The smallest absolute Gasteiger partial charge is 0.427 e. The Morgan fingerprint density at radius 1 is 1.25 bits per heavy atom. The second-order valence-electron chi connectivity index (χ2n) is 4.11. The van der Waals surface area contributed by atoms with Crippen LogP contribution in [0.15, 0.2) is 34.3 Å². The Morgan fingerprint density at radius 2 is 1.80 bits per heavy atom. The highest BCUT2D eigenvalue weighted by molar-refractivity contribution is 7.89. The maximum atomic E-state index is 11.9. The number of rotatable bonds is 4. The van der Waals surface area contributed by atoms with Gasteiger partial charge in [0.05, 0.1) is 17.7 Å². The van der Waals surface area contributed by atoms with E-state index < -0.39 is 16.1 Å². The first-order valence-corrected chi connectivity index (χ1v) is 7.14. The van der Waals surface area contributed by atoms with Gasteiger partial charge < -0.3 is 4.74 Å². The van der Waals surface area contributed by atoms with Gasteiger partial charge in [0.25, 0.3) is 0 Å². The molecule has 0 aromatic heterocycles. The zero-order valence-electron chi connectivity index (χ0n) is 11.7. The number of hydrogen-bond acceptors (Lipinski definition) is 5. The molecule has 0 atom stereocenters. The van der Waals surface area contributed by atoms with Crippen molar-refractivity contribution in [3.8, 4) is 0 Å². The third-order valence-corrected chi connectivity index (χ3v) is 4.38. The molecule has 0 heterocycles. The molecule has 1 aromatic carbocycles. The molecule has 1 amide bonds. The molecule has 110 valence electrons. The van der Waals surface area contributed by atoms with E-state index in [1.165, 1.54) is 33.3 Å². The van der Waals surface area contributed by atoms with Gasteiger partial charge in [0, 0.05) is 14.1 Å². The Labute approximate surface area is 118 Å². The Hall–Kier alpha value is -1.93. The summed E-state index contributed by atoms with van der Waals surface area (Å²) < 4.78 is 29.3. The summed E-state index contributed by atoms with van der Waals surface area (Å²) in [6.45, 7) is 1.69. The first-order valence-electron chi connectivity index (χ1n) is 5.70. The van der Waals surface area contributed by atoms with Gasteiger partial charge in [-0.15, -0.1) is 0 Å². The van der Waals surface area contributed by atoms with E-state index in [0.29, 0.717) is 11.3 Å². The number of ether oxygens (including phenoxy) is 1. The lowest BCUT2D eigenvalue weighted by atomic mass is 10.1. The lowest BCUT2D eigenvalue weighted by Gasteiger charge is -2.11. The van der Waals surface area contributed by atoms with Gasteiger partial charge in [-0.25, -0.2) is 22.9 Å². The van der Waals surface area contributed by atoms with Crippen molar-refractivity contribution in [2.45, 2.75) is 11.8 Å². The monoisotopic (exact) mass is 299 g/mol. The van der Waals surface area contributed by atoms with Crippen molar-refractivity contribution in [2.24, 2.45) is 5.10 Å². The van der Waals surface area contributed by atoms with E-state index in [0.717, 1.165) is 4.31 Å². The number of sulfonamides is 1. The van der Waals surface area contributed by atoms with Crippen molar-refractivity contribution in [2.75, 3.05) is 21.2 Å². The van der Waals surface area contributed by atoms with Gasteiger partial charge in [0.2, 0.25) is 10.0 Å². The lowest BCUT2D eigenvalue weighted by molar-refractivity contribution is 0.171. The highest BCUT2D eigenvalue weighted by atomic mass is 32.2. The van der Waals surface area contributed by atoms with Crippen LogP contribution in [0.2, 0.25) is 0 Å². The zero-order valence-corrected chi connectivity index (χ0v) is 12.6. The summed E-state index contributed by atoms with van der Waals surface area (Å²) in [6.07, 6.45) is -0.670. The second-order valence-corrected chi connectivity index (χ2v) is 6.26. The maximum absolute atomic E-state index is 11.9. The fraction of sp³-hybridized carbons (Fsp3) is 0.333. The van der Waals surface area contributed by atoms with Crippen LogP contribution in [-0.2, 0) is 14.8 Å². The molecule has 20 heavy (non-hydrogen) atoms. The number of carbonyl (C=O) groups is 1. The molecule has 0 radical (unpaired) electrons. The highest BCUT2D eigenvalue weighted by Gasteiger charge is 2.16. The average molecular weight is 299 g/mol. The standard InChI is InChI=1S/C12H17N3O4S/c1-9(13-14-12(16)19-4)10-5-7-11(8-6-10)20(17,18)15(2)3/h5-8H,1-4H3,(H,14,16)/b13-9-. The molecule has 0 aliphatic carbocycles. The van der Waals surface area contributed by atoms with Crippen LogP contribution in [0.1, 0.15) is 12.5 Å². The van der Waals surface area contributed by atoms with Crippen LogP contribution in [0, 0.1) is 0 Å². The fourth-order valence-electron chi connectivity index (χ4n) is 1.32. The first-order chi connectivity index (χ1) is 9.28. The van der Waals surface area contributed by atoms with Crippen molar-refractivity contribution < 1.29 is 17.9 Å². The van der Waals surface area contributed by atoms with Gasteiger partial charge in [0.1, 0.15) is 0 Å². The molecule has 1 aromatic rings. The number of carbonyl (C=O) groups excluding carboxylic acids is 1. The number of methoxy groups -OCH3 is 1. The van der Waals surface area contributed by atoms with E-state index in [4.69, 9.17) is 0 Å². The van der Waals surface area contributed by atoms with Crippen LogP contribution in [0.25, 0.3) is 0 Å². The predicted octanol–water partition coefficient (Wildman–Crippen LogP) is 1.02. The number of benzene rings is 1. The fourth-order valence-corrected chi connectivity index (χ4v) is 2.22. The van der Waals surface area contributed by atoms with E-state index in [2.05, 4.69) is 15.3 Å². The molecule has 0 spiro atoms. The van der Waals surface area contributed by atoms with Crippen LogP contribution in [0.3, 0.4) is 0 Å². The Kier molecular flexibility index (Phi) is 5.23. The molecule has 8 heteroatoms. The molecule has 1 N–H and O–H groups in total. The number of nitrogens with one attached hydrogen (secondary N) is 1. The summed E-state index contributed by atoms with van der Waals surface area (Å²) in [7, 11) is 0.729. The van der Waals surface area contributed by atoms with Crippen LogP contribution in [0.4, 0.5) is 4.79 Å². The molecule has 0 aliphatic rings. The minimum absolute atomic E-state index is 0.194. The van der Waals surface area contributed by atoms with Gasteiger partial charge in [0.15, 0.2) is 0 Å². The van der Waals surface area contributed by atoms with Crippen LogP contribution in [-0.4, -0.2) is 45.7 Å². The molecule has 0 aliphatic heterocycles. The number of amides is 1. The minimum atomic E-state index is -3.45. The third-order valence-electron chi connectivity index (χ3n) is 2.55. The lowest BCUT2D eigenvalue weighted by Crippen LogP contribution is -2.22. The molecular weight excluding hydrogens is 282 g/mol. The van der Waals surface area contributed by atoms with Gasteiger partial charge >= 0.3 is 6.09 Å². The number of nitrogens with zero attached hydrogens (tertiary/aromatic N) is 2. The molecule has 1 rings (SSSR count). The predicted molar refractivity (Wildman–Crippen MR) is 75.1 cm³/mol. The zero-order chi connectivity index (χ0) is 15.3. The van der Waals surface area contributed by atoms with Crippen LogP contribution < -0.4 is 5.43 Å². The molecule has 0 bridgehead atoms. The largest absolute Gasteiger partial charge is 0.452 e. The van der Waals surface area contributed by atoms with Gasteiger partial charge in [-0.1, -0.05) is 12.1 Å². The summed E-state index contributed by atoms with van der Waals surface area (Å²) in [4.78, 5) is 11.1. The summed E-state index contributed by atoms with van der Waals surface area (Å²) in [5, 5.41) is 3.82. The molecule has 0 fully saturated rings. The molecular formula is C12H17N3O4S. The Bertz CT molecular complexity index is 606. The third kappa shape index (κ3) is 3.78. The van der Waals surface area contributed by atoms with E-state index >= 15 is 0 Å². The van der Waals surface area contributed by atoms with Gasteiger partial charge in [-0.3, -0.25) is 0 Å². The molecule has 0 unspecified atom stereocenters. The number of hydrogen-bond donors (Lipinski definition) is 1. The van der Waals surface area contributed by atoms with Crippen molar-refractivity contribution >= 4 is 21.8 Å². The topological polar surface area (TPSA) is 88.1 Å². The van der Waals surface area contributed by atoms with E-state index in [1.54, 1.807) is 19.1 Å². The Balaban J connectivity index is 2.95. The normalized spacial score (nSPS) is 12.3. The summed E-state index contributed by atoms with van der Waals surface area (Å²) in [6, 6.07) is 6.21. The maximum Gasteiger partial charge on any atom is 0.427 e. The van der Waals surface area contributed by atoms with E-state index in [9.17, 15) is 13.2 Å². The molecule has 0 saturated heterocycles. The van der Waals surface area contributed by atoms with E-state index in [1.807, 2.05) is 0 Å². The van der Waals surface area contributed by atoms with Crippen LogP contribution >= 0.6 is 0 Å². The number of hydrazone groups is 1. The summed E-state index contributed by atoms with van der Waals surface area (Å²) in [5.74, 6) is 0. The summed E-state index contributed by atoms with van der Waals surface area (Å²) in [5.41, 5.74) is 3.42. The van der Waals surface area contributed by atoms with Crippen LogP contribution in [0.5, 0.6) is 0 Å². The molecule has 7 nitrogen and oxygen atoms in total. The van der Waals surface area contributed by atoms with Crippen molar-refractivity contribution in [1.82, 2.24) is 9.73 Å². The molecule has 0 saturated carbocycles.